The van der Waals surface area contributed by atoms with Crippen molar-refractivity contribution in [2.45, 2.75) is 37.6 Å². The monoisotopic (exact) mass is 422 g/mol. The number of carbonyl (C=O) groups is 2. The molecule has 0 amide bonds. The minimum Gasteiger partial charge on any atom is -0.481 e. The van der Waals surface area contributed by atoms with Gasteiger partial charge >= 0.3 is 11.9 Å². The molecule has 10 nitrogen and oxygen atoms in total. The Hall–Kier alpha value is -2.18. The number of carboxylic acids is 2. The van der Waals surface area contributed by atoms with Crippen LogP contribution >= 0.6 is 0 Å². The highest BCUT2D eigenvalue weighted by atomic mass is 32.2. The SMILES string of the molecule is Cc1cc(C)c(S(=O)(=O)N[C@@H](CCC(=O)O)C(=O)O)cc1N(C)S(C)(=O)=O. The summed E-state index contributed by atoms with van der Waals surface area (Å²) >= 11 is 0. The zero-order valence-corrected chi connectivity index (χ0v) is 16.9. The van der Waals surface area contributed by atoms with E-state index in [0.717, 1.165) is 16.6 Å². The number of aryl methyl sites for hydroxylation is 2. The molecule has 1 atom stereocenters. The fraction of sp³-hybridized carbons (Fsp3) is 0.467. The summed E-state index contributed by atoms with van der Waals surface area (Å²) in [5, 5.41) is 17.8. The largest absolute Gasteiger partial charge is 0.481 e. The Balaban J connectivity index is 3.37. The van der Waals surface area contributed by atoms with Gasteiger partial charge in [-0.25, -0.2) is 16.8 Å². The van der Waals surface area contributed by atoms with E-state index in [2.05, 4.69) is 0 Å². The van der Waals surface area contributed by atoms with Crippen molar-refractivity contribution in [2.24, 2.45) is 0 Å². The Kier molecular flexibility index (Phi) is 6.97. The average Bonchev–Trinajstić information content (AvgIpc) is 2.49. The third-order valence-corrected chi connectivity index (χ3v) is 6.67. The summed E-state index contributed by atoms with van der Waals surface area (Å²) in [7, 11) is -6.73. The first-order valence-electron chi connectivity index (χ1n) is 7.69. The number of hydrogen-bond donors (Lipinski definition) is 3. The van der Waals surface area contributed by atoms with Crippen LogP contribution < -0.4 is 9.03 Å². The summed E-state index contributed by atoms with van der Waals surface area (Å²) in [5.74, 6) is -2.78. The minimum atomic E-state index is -4.35. The number of nitrogens with one attached hydrogen (secondary N) is 1. The maximum atomic E-state index is 12.7. The highest BCUT2D eigenvalue weighted by molar-refractivity contribution is 7.92. The molecule has 0 fully saturated rings. The molecule has 0 spiro atoms. The number of benzene rings is 1. The van der Waals surface area contributed by atoms with Crippen LogP contribution in [0.3, 0.4) is 0 Å². The molecular formula is C15H22N2O8S2. The number of rotatable bonds is 9. The molecule has 3 N–H and O–H groups in total. The number of sulfonamides is 2. The van der Waals surface area contributed by atoms with Crippen molar-refractivity contribution in [1.29, 1.82) is 0 Å². The molecule has 0 radical (unpaired) electrons. The third kappa shape index (κ3) is 5.91. The minimum absolute atomic E-state index is 0.126. The second-order valence-electron chi connectivity index (χ2n) is 6.08. The van der Waals surface area contributed by atoms with Crippen molar-refractivity contribution >= 4 is 37.7 Å². The maximum Gasteiger partial charge on any atom is 0.321 e. The van der Waals surface area contributed by atoms with E-state index in [9.17, 15) is 26.4 Å². The highest BCUT2D eigenvalue weighted by Gasteiger charge is 2.28. The highest BCUT2D eigenvalue weighted by Crippen LogP contribution is 2.28. The predicted octanol–water partition coefficient (Wildman–Crippen LogP) is 0.296. The molecule has 12 heteroatoms. The van der Waals surface area contributed by atoms with Crippen molar-refractivity contribution in [2.75, 3.05) is 17.6 Å². The lowest BCUT2D eigenvalue weighted by Crippen LogP contribution is -2.41. The number of anilines is 1. The molecule has 0 aliphatic carbocycles. The van der Waals surface area contributed by atoms with Gasteiger partial charge in [0.25, 0.3) is 0 Å². The molecule has 0 aliphatic heterocycles. The second kappa shape index (κ2) is 8.23. The van der Waals surface area contributed by atoms with Gasteiger partial charge in [-0.1, -0.05) is 6.07 Å². The van der Waals surface area contributed by atoms with Crippen molar-refractivity contribution in [1.82, 2.24) is 4.72 Å². The quantitative estimate of drug-likeness (QED) is 0.512. The maximum absolute atomic E-state index is 12.7. The van der Waals surface area contributed by atoms with Gasteiger partial charge in [-0.15, -0.1) is 0 Å². The Morgan fingerprint density at radius 3 is 2.11 bits per heavy atom. The van der Waals surface area contributed by atoms with Gasteiger partial charge in [-0.2, -0.15) is 4.72 Å². The zero-order chi connectivity index (χ0) is 21.2. The second-order valence-corrected chi connectivity index (χ2v) is 9.78. The summed E-state index contributed by atoms with van der Waals surface area (Å²) in [4.78, 5) is 21.6. The molecule has 1 aromatic carbocycles. The summed E-state index contributed by atoms with van der Waals surface area (Å²) in [5.41, 5.74) is 0.925. The van der Waals surface area contributed by atoms with Crippen LogP contribution in [0.4, 0.5) is 5.69 Å². The van der Waals surface area contributed by atoms with E-state index < -0.39 is 50.9 Å². The smallest absolute Gasteiger partial charge is 0.321 e. The molecule has 0 unspecified atom stereocenters. The molecule has 27 heavy (non-hydrogen) atoms. The zero-order valence-electron chi connectivity index (χ0n) is 15.3. The Bertz CT molecular complexity index is 954. The lowest BCUT2D eigenvalue weighted by Gasteiger charge is -2.22. The van der Waals surface area contributed by atoms with Gasteiger partial charge in [-0.05, 0) is 37.5 Å². The van der Waals surface area contributed by atoms with Crippen LogP contribution in [0.5, 0.6) is 0 Å². The normalized spacial score (nSPS) is 13.2. The molecule has 0 bridgehead atoms. The van der Waals surface area contributed by atoms with E-state index in [0.29, 0.717) is 5.56 Å². The van der Waals surface area contributed by atoms with Crippen molar-refractivity contribution in [3.63, 3.8) is 0 Å². The lowest BCUT2D eigenvalue weighted by molar-refractivity contribution is -0.140. The van der Waals surface area contributed by atoms with Gasteiger partial charge in [0.05, 0.1) is 16.8 Å². The number of hydrogen-bond acceptors (Lipinski definition) is 6. The number of aliphatic carboxylic acids is 2. The van der Waals surface area contributed by atoms with Crippen LogP contribution in [-0.2, 0) is 29.6 Å². The lowest BCUT2D eigenvalue weighted by atomic mass is 10.1. The van der Waals surface area contributed by atoms with E-state index in [-0.39, 0.29) is 16.1 Å². The van der Waals surface area contributed by atoms with Crippen LogP contribution in [0.15, 0.2) is 17.0 Å². The van der Waals surface area contributed by atoms with Gasteiger partial charge in [0, 0.05) is 13.5 Å². The van der Waals surface area contributed by atoms with Crippen LogP contribution in [-0.4, -0.2) is 58.3 Å². The summed E-state index contributed by atoms with van der Waals surface area (Å²) in [6, 6.07) is 0.978. The molecule has 0 heterocycles. The molecule has 0 saturated heterocycles. The molecule has 152 valence electrons. The van der Waals surface area contributed by atoms with Crippen LogP contribution in [0.1, 0.15) is 24.0 Å². The Morgan fingerprint density at radius 1 is 1.11 bits per heavy atom. The predicted molar refractivity (Wildman–Crippen MR) is 97.8 cm³/mol. The van der Waals surface area contributed by atoms with E-state index in [1.54, 1.807) is 6.92 Å². The first-order chi connectivity index (χ1) is 12.2. The standard InChI is InChI=1S/C15H22N2O8S2/c1-9-7-10(2)13(8-12(9)17(3)26(4,22)23)27(24,25)16-11(15(20)21)5-6-14(18)19/h7-8,11,16H,5-6H2,1-4H3,(H,18,19)(H,20,21)/t11-/m0/s1. The van der Waals surface area contributed by atoms with Crippen LogP contribution in [0.2, 0.25) is 0 Å². The fourth-order valence-electron chi connectivity index (χ4n) is 2.38. The first kappa shape index (κ1) is 22.9. The van der Waals surface area contributed by atoms with Gasteiger partial charge in [0.1, 0.15) is 6.04 Å². The summed E-state index contributed by atoms with van der Waals surface area (Å²) in [6.07, 6.45) is -0.00951. The molecule has 1 aromatic rings. The van der Waals surface area contributed by atoms with Gasteiger partial charge in [-0.3, -0.25) is 13.9 Å². The van der Waals surface area contributed by atoms with Gasteiger partial charge < -0.3 is 10.2 Å². The average molecular weight is 422 g/mol. The van der Waals surface area contributed by atoms with Crippen LogP contribution in [0, 0.1) is 13.8 Å². The number of carboxylic acid groups (broad SMARTS) is 2. The van der Waals surface area contributed by atoms with E-state index in [4.69, 9.17) is 10.2 Å². The third-order valence-electron chi connectivity index (χ3n) is 3.86. The van der Waals surface area contributed by atoms with E-state index >= 15 is 0 Å². The molecule has 0 aromatic heterocycles. The molecular weight excluding hydrogens is 400 g/mol. The fourth-order valence-corrected chi connectivity index (χ4v) is 4.40. The van der Waals surface area contributed by atoms with Crippen molar-refractivity contribution in [3.05, 3.63) is 23.3 Å². The Morgan fingerprint density at radius 2 is 1.67 bits per heavy atom. The first-order valence-corrected chi connectivity index (χ1v) is 11.0. The summed E-state index contributed by atoms with van der Waals surface area (Å²) in [6.45, 7) is 3.10. The molecule has 1 rings (SSSR count). The van der Waals surface area contributed by atoms with Crippen molar-refractivity contribution < 1.29 is 36.6 Å². The Labute approximate surface area is 157 Å². The number of nitrogens with zero attached hydrogens (tertiary/aromatic N) is 1. The van der Waals surface area contributed by atoms with E-state index in [1.807, 2.05) is 4.72 Å². The van der Waals surface area contributed by atoms with Gasteiger partial charge in [0.2, 0.25) is 20.0 Å². The van der Waals surface area contributed by atoms with E-state index in [1.165, 1.54) is 20.0 Å². The van der Waals surface area contributed by atoms with Gasteiger partial charge in [0.15, 0.2) is 0 Å². The molecule has 0 aliphatic rings. The van der Waals surface area contributed by atoms with Crippen LogP contribution in [0.25, 0.3) is 0 Å². The molecule has 0 saturated carbocycles. The topological polar surface area (TPSA) is 158 Å². The van der Waals surface area contributed by atoms with Crippen molar-refractivity contribution in [3.8, 4) is 0 Å². The summed E-state index contributed by atoms with van der Waals surface area (Å²) < 4.78 is 51.8.